The molecule has 0 amide bonds. The average Bonchev–Trinajstić information content (AvgIpc) is 2.29. The molecular weight excluding hydrogens is 248 g/mol. The molecule has 0 saturated carbocycles. The Balaban J connectivity index is 2.06. The zero-order valence-electron chi connectivity index (χ0n) is 11.5. The maximum atomic E-state index is 11.2. The first-order valence-electron chi connectivity index (χ1n) is 6.49. The van der Waals surface area contributed by atoms with Gasteiger partial charge in [0.15, 0.2) is 5.79 Å². The van der Waals surface area contributed by atoms with Crippen molar-refractivity contribution in [2.24, 2.45) is 0 Å². The molecule has 0 N–H and O–H groups in total. The maximum Gasteiger partial charge on any atom is 0.302 e. The molecule has 2 aliphatic rings. The van der Waals surface area contributed by atoms with Crippen LogP contribution >= 0.6 is 0 Å². The van der Waals surface area contributed by atoms with Crippen molar-refractivity contribution in [3.05, 3.63) is 0 Å². The number of fused-ring (bicyclic) bond motifs is 1. The van der Waals surface area contributed by atoms with Gasteiger partial charge in [0, 0.05) is 19.8 Å². The lowest BCUT2D eigenvalue weighted by molar-refractivity contribution is -0.336. The quantitative estimate of drug-likeness (QED) is 0.557. The van der Waals surface area contributed by atoms with Crippen molar-refractivity contribution in [3.8, 4) is 12.3 Å². The molecule has 0 spiro atoms. The van der Waals surface area contributed by atoms with Crippen LogP contribution in [-0.2, 0) is 23.7 Å². The fraction of sp³-hybridized carbons (Fsp3) is 0.786. The van der Waals surface area contributed by atoms with Crippen molar-refractivity contribution in [3.63, 3.8) is 0 Å². The molecule has 19 heavy (non-hydrogen) atoms. The first kappa shape index (κ1) is 14.3. The number of hydrogen-bond acceptors (Lipinski definition) is 5. The van der Waals surface area contributed by atoms with Crippen LogP contribution in [-0.4, -0.2) is 42.8 Å². The summed E-state index contributed by atoms with van der Waals surface area (Å²) >= 11 is 0. The zero-order valence-corrected chi connectivity index (χ0v) is 11.5. The summed E-state index contributed by atoms with van der Waals surface area (Å²) in [5.74, 6) is 1.59. The monoisotopic (exact) mass is 268 g/mol. The first-order valence-corrected chi connectivity index (χ1v) is 6.49. The molecule has 4 atom stereocenters. The number of hydrogen-bond donors (Lipinski definition) is 0. The van der Waals surface area contributed by atoms with Crippen LogP contribution in [0.3, 0.4) is 0 Å². The third kappa shape index (κ3) is 3.47. The van der Waals surface area contributed by atoms with Gasteiger partial charge in [-0.1, -0.05) is 0 Å². The van der Waals surface area contributed by atoms with E-state index in [0.717, 1.165) is 0 Å². The van der Waals surface area contributed by atoms with E-state index in [1.54, 1.807) is 0 Å². The van der Waals surface area contributed by atoms with Crippen molar-refractivity contribution in [1.29, 1.82) is 0 Å². The molecule has 2 aliphatic heterocycles. The Bertz CT molecular complexity index is 384. The molecule has 5 nitrogen and oxygen atoms in total. The van der Waals surface area contributed by atoms with E-state index in [1.807, 2.05) is 13.8 Å². The highest BCUT2D eigenvalue weighted by Gasteiger charge is 2.45. The van der Waals surface area contributed by atoms with Crippen LogP contribution < -0.4 is 0 Å². The van der Waals surface area contributed by atoms with Gasteiger partial charge < -0.3 is 18.9 Å². The molecule has 0 aromatic heterocycles. The van der Waals surface area contributed by atoms with Crippen LogP contribution in [0.25, 0.3) is 0 Å². The second-order valence-corrected chi connectivity index (χ2v) is 5.37. The topological polar surface area (TPSA) is 54.0 Å². The smallest absolute Gasteiger partial charge is 0.302 e. The Morgan fingerprint density at radius 2 is 2.21 bits per heavy atom. The molecule has 2 saturated heterocycles. The molecule has 0 aromatic rings. The Kier molecular flexibility index (Phi) is 4.14. The molecule has 5 heteroatoms. The Morgan fingerprint density at radius 3 is 2.84 bits per heavy atom. The lowest BCUT2D eigenvalue weighted by Gasteiger charge is -2.47. The summed E-state index contributed by atoms with van der Waals surface area (Å²) < 4.78 is 22.6. The standard InChI is InChI=1S/C14H20O5/c1-5-6-10-11(17-9(2)15)7-12-13(18-10)8-16-14(3,4)19-12/h1,10-13H,6-8H2,2-4H3/t10-,11+,12-,13+/m0/s1. The van der Waals surface area contributed by atoms with Gasteiger partial charge in [0.2, 0.25) is 0 Å². The molecule has 0 radical (unpaired) electrons. The van der Waals surface area contributed by atoms with Crippen LogP contribution in [0.2, 0.25) is 0 Å². The van der Waals surface area contributed by atoms with Gasteiger partial charge >= 0.3 is 5.97 Å². The van der Waals surface area contributed by atoms with Crippen LogP contribution in [0.15, 0.2) is 0 Å². The van der Waals surface area contributed by atoms with Crippen molar-refractivity contribution >= 4 is 5.97 Å². The second kappa shape index (κ2) is 5.49. The summed E-state index contributed by atoms with van der Waals surface area (Å²) in [5, 5.41) is 0. The van der Waals surface area contributed by atoms with Gasteiger partial charge in [-0.15, -0.1) is 12.3 Å². The van der Waals surface area contributed by atoms with Gasteiger partial charge in [-0.2, -0.15) is 0 Å². The fourth-order valence-electron chi connectivity index (χ4n) is 2.52. The minimum atomic E-state index is -0.635. The van der Waals surface area contributed by atoms with Crippen LogP contribution in [0.4, 0.5) is 0 Å². The maximum absolute atomic E-state index is 11.2. The van der Waals surface area contributed by atoms with Gasteiger partial charge in [0.05, 0.1) is 12.7 Å². The van der Waals surface area contributed by atoms with E-state index in [2.05, 4.69) is 5.92 Å². The molecule has 106 valence electrons. The molecule has 0 aromatic carbocycles. The summed E-state index contributed by atoms with van der Waals surface area (Å²) in [4.78, 5) is 11.2. The van der Waals surface area contributed by atoms with Gasteiger partial charge in [-0.25, -0.2) is 0 Å². The molecule has 0 aliphatic carbocycles. The van der Waals surface area contributed by atoms with E-state index >= 15 is 0 Å². The number of carbonyl (C=O) groups is 1. The summed E-state index contributed by atoms with van der Waals surface area (Å²) in [6.45, 7) is 5.56. The zero-order chi connectivity index (χ0) is 14.0. The van der Waals surface area contributed by atoms with Gasteiger partial charge in [-0.05, 0) is 13.8 Å². The Labute approximate surface area is 113 Å². The number of carbonyl (C=O) groups excluding carboxylic acids is 1. The normalized spacial score (nSPS) is 36.9. The largest absolute Gasteiger partial charge is 0.460 e. The third-order valence-electron chi connectivity index (χ3n) is 3.31. The van der Waals surface area contributed by atoms with E-state index in [0.29, 0.717) is 19.4 Å². The summed E-state index contributed by atoms with van der Waals surface area (Å²) in [6, 6.07) is 0. The lowest BCUT2D eigenvalue weighted by Crippen LogP contribution is -2.57. The summed E-state index contributed by atoms with van der Waals surface area (Å²) in [7, 11) is 0. The lowest BCUT2D eigenvalue weighted by atomic mass is 9.95. The van der Waals surface area contributed by atoms with Crippen molar-refractivity contribution in [2.75, 3.05) is 6.61 Å². The van der Waals surface area contributed by atoms with Crippen molar-refractivity contribution < 1.29 is 23.7 Å². The average molecular weight is 268 g/mol. The number of terminal acetylenes is 1. The summed E-state index contributed by atoms with van der Waals surface area (Å²) in [5.41, 5.74) is 0. The highest BCUT2D eigenvalue weighted by Crippen LogP contribution is 2.33. The molecule has 0 bridgehead atoms. The van der Waals surface area contributed by atoms with Gasteiger partial charge in [-0.3, -0.25) is 4.79 Å². The summed E-state index contributed by atoms with van der Waals surface area (Å²) in [6.07, 6.45) is 5.39. The predicted molar refractivity (Wildman–Crippen MR) is 67.2 cm³/mol. The Morgan fingerprint density at radius 1 is 1.47 bits per heavy atom. The van der Waals surface area contributed by atoms with Crippen molar-refractivity contribution in [2.45, 2.75) is 63.8 Å². The van der Waals surface area contributed by atoms with Crippen LogP contribution in [0.1, 0.15) is 33.6 Å². The highest BCUT2D eigenvalue weighted by atomic mass is 16.7. The van der Waals surface area contributed by atoms with Crippen LogP contribution in [0, 0.1) is 12.3 Å². The second-order valence-electron chi connectivity index (χ2n) is 5.37. The van der Waals surface area contributed by atoms with E-state index in [1.165, 1.54) is 6.92 Å². The molecular formula is C14H20O5. The van der Waals surface area contributed by atoms with Crippen LogP contribution in [0.5, 0.6) is 0 Å². The number of rotatable bonds is 2. The van der Waals surface area contributed by atoms with E-state index in [4.69, 9.17) is 25.4 Å². The first-order chi connectivity index (χ1) is 8.91. The highest BCUT2D eigenvalue weighted by molar-refractivity contribution is 5.66. The molecule has 2 rings (SSSR count). The van der Waals surface area contributed by atoms with E-state index in [9.17, 15) is 4.79 Å². The predicted octanol–water partition coefficient (Wildman–Crippen LogP) is 1.25. The molecule has 2 fully saturated rings. The third-order valence-corrected chi connectivity index (χ3v) is 3.31. The molecule has 2 heterocycles. The Hall–Kier alpha value is -1.09. The van der Waals surface area contributed by atoms with E-state index < -0.39 is 5.79 Å². The van der Waals surface area contributed by atoms with Crippen molar-refractivity contribution in [1.82, 2.24) is 0 Å². The minimum Gasteiger partial charge on any atom is -0.460 e. The van der Waals surface area contributed by atoms with Gasteiger partial charge in [0.25, 0.3) is 0 Å². The molecule has 0 unspecified atom stereocenters. The number of ether oxygens (including phenoxy) is 4. The van der Waals surface area contributed by atoms with E-state index in [-0.39, 0.29) is 30.4 Å². The minimum absolute atomic E-state index is 0.137. The SMILES string of the molecule is C#CC[C@@H]1O[C@@H]2COC(C)(C)O[C@H]2C[C@H]1OC(C)=O. The number of esters is 1. The fourth-order valence-corrected chi connectivity index (χ4v) is 2.52. The van der Waals surface area contributed by atoms with Gasteiger partial charge in [0.1, 0.15) is 18.3 Å².